The SMILES string of the molecule is COc1ccc(C(Br)Cc2ccccn2)cc1. The van der Waals surface area contributed by atoms with Gasteiger partial charge in [0.25, 0.3) is 0 Å². The van der Waals surface area contributed by atoms with Crippen LogP contribution in [0.5, 0.6) is 5.75 Å². The van der Waals surface area contributed by atoms with E-state index in [0.717, 1.165) is 17.9 Å². The van der Waals surface area contributed by atoms with Crippen LogP contribution in [0.1, 0.15) is 16.1 Å². The third-order valence-corrected chi connectivity index (χ3v) is 3.44. The summed E-state index contributed by atoms with van der Waals surface area (Å²) in [5, 5.41) is 0. The molecule has 0 amide bonds. The van der Waals surface area contributed by atoms with Gasteiger partial charge in [0.15, 0.2) is 0 Å². The third-order valence-electron chi connectivity index (χ3n) is 2.59. The van der Waals surface area contributed by atoms with Crippen LogP contribution < -0.4 is 4.74 Å². The topological polar surface area (TPSA) is 22.1 Å². The lowest BCUT2D eigenvalue weighted by Gasteiger charge is -2.10. The second kappa shape index (κ2) is 5.82. The van der Waals surface area contributed by atoms with Gasteiger partial charge in [-0.2, -0.15) is 0 Å². The maximum Gasteiger partial charge on any atom is 0.118 e. The molecular formula is C14H14BrNO. The first-order chi connectivity index (χ1) is 8.29. The van der Waals surface area contributed by atoms with Crippen LogP contribution in [0.15, 0.2) is 48.7 Å². The Bertz CT molecular complexity index is 455. The van der Waals surface area contributed by atoms with Crippen molar-refractivity contribution in [2.45, 2.75) is 11.2 Å². The number of hydrogen-bond donors (Lipinski definition) is 0. The van der Waals surface area contributed by atoms with Crippen LogP contribution in [0.2, 0.25) is 0 Å². The van der Waals surface area contributed by atoms with Crippen LogP contribution in [0.4, 0.5) is 0 Å². The molecule has 1 aromatic carbocycles. The predicted molar refractivity (Wildman–Crippen MR) is 72.6 cm³/mol. The molecule has 1 atom stereocenters. The highest BCUT2D eigenvalue weighted by Crippen LogP contribution is 2.27. The lowest BCUT2D eigenvalue weighted by molar-refractivity contribution is 0.414. The van der Waals surface area contributed by atoms with Gasteiger partial charge in [0.05, 0.1) is 7.11 Å². The fourth-order valence-corrected chi connectivity index (χ4v) is 2.27. The molecule has 88 valence electrons. The number of halogens is 1. The Labute approximate surface area is 110 Å². The van der Waals surface area contributed by atoms with Crippen molar-refractivity contribution in [2.75, 3.05) is 7.11 Å². The molecule has 1 unspecified atom stereocenters. The largest absolute Gasteiger partial charge is 0.497 e. The van der Waals surface area contributed by atoms with E-state index >= 15 is 0 Å². The first-order valence-corrected chi connectivity index (χ1v) is 6.39. The second-order valence-electron chi connectivity index (χ2n) is 3.77. The normalized spacial score (nSPS) is 12.1. The smallest absolute Gasteiger partial charge is 0.118 e. The number of aromatic nitrogens is 1. The summed E-state index contributed by atoms with van der Waals surface area (Å²) in [4.78, 5) is 4.60. The summed E-state index contributed by atoms with van der Waals surface area (Å²) >= 11 is 3.69. The van der Waals surface area contributed by atoms with Crippen molar-refractivity contribution in [3.05, 3.63) is 59.9 Å². The number of rotatable bonds is 4. The number of hydrogen-bond acceptors (Lipinski definition) is 2. The molecule has 0 aliphatic rings. The van der Waals surface area contributed by atoms with E-state index in [1.807, 2.05) is 36.5 Å². The first kappa shape index (κ1) is 12.1. The molecule has 0 aliphatic heterocycles. The van der Waals surface area contributed by atoms with E-state index in [1.165, 1.54) is 5.56 Å². The molecule has 1 heterocycles. The molecule has 2 aromatic rings. The van der Waals surface area contributed by atoms with Crippen LogP contribution in [0.25, 0.3) is 0 Å². The molecule has 0 saturated heterocycles. The van der Waals surface area contributed by atoms with E-state index in [-0.39, 0.29) is 4.83 Å². The van der Waals surface area contributed by atoms with Gasteiger partial charge in [0, 0.05) is 23.1 Å². The molecular weight excluding hydrogens is 278 g/mol. The summed E-state index contributed by atoms with van der Waals surface area (Å²) < 4.78 is 5.14. The molecule has 2 nitrogen and oxygen atoms in total. The van der Waals surface area contributed by atoms with Gasteiger partial charge in [0.1, 0.15) is 5.75 Å². The second-order valence-corrected chi connectivity index (χ2v) is 4.87. The van der Waals surface area contributed by atoms with Gasteiger partial charge in [-0.3, -0.25) is 4.98 Å². The average molecular weight is 292 g/mol. The number of alkyl halides is 1. The highest BCUT2D eigenvalue weighted by molar-refractivity contribution is 9.09. The Kier molecular flexibility index (Phi) is 4.15. The fraction of sp³-hybridized carbons (Fsp3) is 0.214. The molecule has 0 bridgehead atoms. The van der Waals surface area contributed by atoms with Crippen LogP contribution in [0.3, 0.4) is 0 Å². The Morgan fingerprint density at radius 3 is 2.53 bits per heavy atom. The molecule has 0 saturated carbocycles. The minimum absolute atomic E-state index is 0.281. The van der Waals surface area contributed by atoms with Crippen molar-refractivity contribution in [1.29, 1.82) is 0 Å². The van der Waals surface area contributed by atoms with Crippen molar-refractivity contribution in [3.63, 3.8) is 0 Å². The molecule has 1 aromatic heterocycles. The van der Waals surface area contributed by atoms with Crippen LogP contribution in [-0.2, 0) is 6.42 Å². The number of pyridine rings is 1. The van der Waals surface area contributed by atoms with E-state index in [4.69, 9.17) is 4.74 Å². The summed E-state index contributed by atoms with van der Waals surface area (Å²) in [6.07, 6.45) is 2.70. The number of ether oxygens (including phenoxy) is 1. The van der Waals surface area contributed by atoms with Crippen molar-refractivity contribution in [3.8, 4) is 5.75 Å². The molecule has 17 heavy (non-hydrogen) atoms. The Balaban J connectivity index is 2.06. The summed E-state index contributed by atoms with van der Waals surface area (Å²) in [7, 11) is 1.68. The van der Waals surface area contributed by atoms with Gasteiger partial charge in [0.2, 0.25) is 0 Å². The Morgan fingerprint density at radius 1 is 1.18 bits per heavy atom. The Hall–Kier alpha value is -1.35. The quantitative estimate of drug-likeness (QED) is 0.800. The molecule has 0 N–H and O–H groups in total. The van der Waals surface area contributed by atoms with Crippen molar-refractivity contribution in [1.82, 2.24) is 4.98 Å². The average Bonchev–Trinajstić information content (AvgIpc) is 2.40. The zero-order valence-electron chi connectivity index (χ0n) is 9.64. The van der Waals surface area contributed by atoms with Gasteiger partial charge in [-0.1, -0.05) is 34.1 Å². The maximum absolute atomic E-state index is 5.14. The third kappa shape index (κ3) is 3.30. The lowest BCUT2D eigenvalue weighted by Crippen LogP contribution is -1.97. The highest BCUT2D eigenvalue weighted by Gasteiger charge is 2.09. The van der Waals surface area contributed by atoms with E-state index in [9.17, 15) is 0 Å². The molecule has 3 heteroatoms. The zero-order valence-corrected chi connectivity index (χ0v) is 11.2. The summed E-state index contributed by atoms with van der Waals surface area (Å²) in [5.74, 6) is 0.881. The van der Waals surface area contributed by atoms with E-state index in [1.54, 1.807) is 7.11 Å². The Morgan fingerprint density at radius 2 is 1.94 bits per heavy atom. The van der Waals surface area contributed by atoms with Crippen LogP contribution in [0, 0.1) is 0 Å². The summed E-state index contributed by atoms with van der Waals surface area (Å²) in [6.45, 7) is 0. The summed E-state index contributed by atoms with van der Waals surface area (Å²) in [6, 6.07) is 14.1. The van der Waals surface area contributed by atoms with Crippen LogP contribution >= 0.6 is 15.9 Å². The van der Waals surface area contributed by atoms with Gasteiger partial charge >= 0.3 is 0 Å². The molecule has 2 rings (SSSR count). The van der Waals surface area contributed by atoms with Crippen molar-refractivity contribution in [2.24, 2.45) is 0 Å². The highest BCUT2D eigenvalue weighted by atomic mass is 79.9. The van der Waals surface area contributed by atoms with Gasteiger partial charge in [-0.05, 0) is 29.8 Å². The maximum atomic E-state index is 5.14. The minimum Gasteiger partial charge on any atom is -0.497 e. The molecule has 0 aliphatic carbocycles. The van der Waals surface area contributed by atoms with E-state index in [2.05, 4.69) is 33.0 Å². The van der Waals surface area contributed by atoms with Crippen molar-refractivity contribution < 1.29 is 4.74 Å². The van der Waals surface area contributed by atoms with E-state index in [0.29, 0.717) is 0 Å². The van der Waals surface area contributed by atoms with Gasteiger partial charge in [-0.15, -0.1) is 0 Å². The standard InChI is InChI=1S/C14H14BrNO/c1-17-13-7-5-11(6-8-13)14(15)10-12-4-2-3-9-16-12/h2-9,14H,10H2,1H3. The summed E-state index contributed by atoms with van der Waals surface area (Å²) in [5.41, 5.74) is 2.32. The molecule has 0 radical (unpaired) electrons. The lowest BCUT2D eigenvalue weighted by atomic mass is 10.1. The number of benzene rings is 1. The van der Waals surface area contributed by atoms with Gasteiger partial charge < -0.3 is 4.74 Å². The number of methoxy groups -OCH3 is 1. The molecule has 0 fully saturated rings. The van der Waals surface area contributed by atoms with E-state index < -0.39 is 0 Å². The van der Waals surface area contributed by atoms with Gasteiger partial charge in [-0.25, -0.2) is 0 Å². The zero-order chi connectivity index (χ0) is 12.1. The fourth-order valence-electron chi connectivity index (χ4n) is 1.63. The van der Waals surface area contributed by atoms with Crippen molar-refractivity contribution >= 4 is 15.9 Å². The number of nitrogens with zero attached hydrogens (tertiary/aromatic N) is 1. The minimum atomic E-state index is 0.281. The van der Waals surface area contributed by atoms with Crippen LogP contribution in [-0.4, -0.2) is 12.1 Å². The first-order valence-electron chi connectivity index (χ1n) is 5.47. The molecule has 0 spiro atoms. The predicted octanol–water partition coefficient (Wildman–Crippen LogP) is 3.77. The monoisotopic (exact) mass is 291 g/mol.